The van der Waals surface area contributed by atoms with Gasteiger partial charge in [0.15, 0.2) is 0 Å². The van der Waals surface area contributed by atoms with Crippen molar-refractivity contribution in [2.45, 2.75) is 20.3 Å². The molecule has 0 radical (unpaired) electrons. The van der Waals surface area contributed by atoms with Gasteiger partial charge in [-0.25, -0.2) is 0 Å². The molecule has 0 spiro atoms. The van der Waals surface area contributed by atoms with E-state index in [0.717, 1.165) is 6.54 Å². The van der Waals surface area contributed by atoms with E-state index < -0.39 is 0 Å². The summed E-state index contributed by atoms with van der Waals surface area (Å²) >= 11 is 0. The first-order chi connectivity index (χ1) is 8.05. The molecule has 17 heavy (non-hydrogen) atoms. The lowest BCUT2D eigenvalue weighted by molar-refractivity contribution is 0.341. The van der Waals surface area contributed by atoms with Crippen molar-refractivity contribution in [3.8, 4) is 12.0 Å². The number of ether oxygens (including phenoxy) is 2. The fourth-order valence-corrected chi connectivity index (χ4v) is 1.74. The summed E-state index contributed by atoms with van der Waals surface area (Å²) in [6.07, 6.45) is 1.24. The van der Waals surface area contributed by atoms with Crippen molar-refractivity contribution in [2.24, 2.45) is 11.3 Å². The molecule has 2 rings (SSSR count). The molecular weight excluding hydrogens is 220 g/mol. The second-order valence-electron chi connectivity index (χ2n) is 4.90. The van der Waals surface area contributed by atoms with Gasteiger partial charge in [0.1, 0.15) is 0 Å². The van der Waals surface area contributed by atoms with Crippen molar-refractivity contribution in [3.63, 3.8) is 0 Å². The zero-order valence-electron chi connectivity index (χ0n) is 10.6. The molecule has 1 aliphatic rings. The van der Waals surface area contributed by atoms with Gasteiger partial charge in [-0.05, 0) is 17.8 Å². The lowest BCUT2D eigenvalue weighted by Gasteiger charge is -2.08. The molecule has 6 heteroatoms. The van der Waals surface area contributed by atoms with E-state index in [4.69, 9.17) is 9.47 Å². The molecule has 0 aliphatic heterocycles. The van der Waals surface area contributed by atoms with E-state index in [1.54, 1.807) is 0 Å². The van der Waals surface area contributed by atoms with Crippen LogP contribution in [-0.2, 0) is 0 Å². The Labute approximate surface area is 101 Å². The molecule has 1 unspecified atom stereocenters. The summed E-state index contributed by atoms with van der Waals surface area (Å²) in [5, 5.41) is 3.19. The van der Waals surface area contributed by atoms with Crippen molar-refractivity contribution in [2.75, 3.05) is 26.1 Å². The Morgan fingerprint density at radius 2 is 1.71 bits per heavy atom. The summed E-state index contributed by atoms with van der Waals surface area (Å²) < 4.78 is 9.96. The zero-order valence-corrected chi connectivity index (χ0v) is 10.6. The van der Waals surface area contributed by atoms with Crippen LogP contribution in [0.4, 0.5) is 5.95 Å². The number of rotatable bonds is 5. The highest BCUT2D eigenvalue weighted by molar-refractivity contribution is 5.28. The SMILES string of the molecule is COc1nc(NCC2CC2(C)C)nc(OC)n1. The number of anilines is 1. The van der Waals surface area contributed by atoms with E-state index in [-0.39, 0.29) is 12.0 Å². The maximum atomic E-state index is 4.98. The highest BCUT2D eigenvalue weighted by atomic mass is 16.5. The van der Waals surface area contributed by atoms with Crippen LogP contribution in [0.5, 0.6) is 12.0 Å². The van der Waals surface area contributed by atoms with Crippen molar-refractivity contribution in [1.29, 1.82) is 0 Å². The third-order valence-corrected chi connectivity index (χ3v) is 3.18. The van der Waals surface area contributed by atoms with Crippen LogP contribution >= 0.6 is 0 Å². The maximum absolute atomic E-state index is 4.98. The molecule has 1 saturated carbocycles. The second kappa shape index (κ2) is 4.35. The Bertz CT molecular complexity index is 386. The molecule has 1 aromatic rings. The summed E-state index contributed by atoms with van der Waals surface area (Å²) in [6.45, 7) is 5.38. The van der Waals surface area contributed by atoms with Crippen LogP contribution < -0.4 is 14.8 Å². The summed E-state index contributed by atoms with van der Waals surface area (Å²) in [4.78, 5) is 12.2. The van der Waals surface area contributed by atoms with Gasteiger partial charge in [0.25, 0.3) is 0 Å². The monoisotopic (exact) mass is 238 g/mol. The molecule has 94 valence electrons. The van der Waals surface area contributed by atoms with Gasteiger partial charge >= 0.3 is 12.0 Å². The minimum Gasteiger partial charge on any atom is -0.467 e. The Hall–Kier alpha value is -1.59. The van der Waals surface area contributed by atoms with Gasteiger partial charge in [0.05, 0.1) is 14.2 Å². The molecule has 6 nitrogen and oxygen atoms in total. The highest BCUT2D eigenvalue weighted by Gasteiger charge is 2.45. The van der Waals surface area contributed by atoms with Crippen LogP contribution in [0, 0.1) is 11.3 Å². The smallest absolute Gasteiger partial charge is 0.324 e. The number of aromatic nitrogens is 3. The summed E-state index contributed by atoms with van der Waals surface area (Å²) in [5.41, 5.74) is 0.439. The van der Waals surface area contributed by atoms with Gasteiger partial charge in [0, 0.05) is 6.54 Å². The number of hydrogen-bond donors (Lipinski definition) is 1. The Kier molecular flexibility index (Phi) is 3.04. The quantitative estimate of drug-likeness (QED) is 0.835. The van der Waals surface area contributed by atoms with E-state index in [1.165, 1.54) is 20.6 Å². The molecule has 1 heterocycles. The van der Waals surface area contributed by atoms with Crippen LogP contribution in [0.2, 0.25) is 0 Å². The minimum atomic E-state index is 0.259. The van der Waals surface area contributed by atoms with Gasteiger partial charge in [-0.1, -0.05) is 13.8 Å². The number of nitrogens with zero attached hydrogens (tertiary/aromatic N) is 3. The predicted molar refractivity (Wildman–Crippen MR) is 63.3 cm³/mol. The standard InChI is InChI=1S/C11H18N4O2/c1-11(2)5-7(11)6-12-8-13-9(16-3)15-10(14-8)17-4/h7H,5-6H2,1-4H3,(H,12,13,14,15). The van der Waals surface area contributed by atoms with Crippen molar-refractivity contribution >= 4 is 5.95 Å². The fraction of sp³-hybridized carbons (Fsp3) is 0.727. The van der Waals surface area contributed by atoms with E-state index in [0.29, 0.717) is 17.3 Å². The molecule has 0 saturated heterocycles. The summed E-state index contributed by atoms with van der Waals surface area (Å²) in [5.74, 6) is 1.17. The van der Waals surface area contributed by atoms with Crippen LogP contribution in [0.1, 0.15) is 20.3 Å². The molecule has 0 bridgehead atoms. The molecule has 0 amide bonds. The number of methoxy groups -OCH3 is 2. The number of hydrogen-bond acceptors (Lipinski definition) is 6. The topological polar surface area (TPSA) is 69.2 Å². The average Bonchev–Trinajstić information content (AvgIpc) is 2.94. The molecule has 1 atom stereocenters. The van der Waals surface area contributed by atoms with Crippen LogP contribution in [0.3, 0.4) is 0 Å². The average molecular weight is 238 g/mol. The first-order valence-corrected chi connectivity index (χ1v) is 5.63. The van der Waals surface area contributed by atoms with Crippen molar-refractivity contribution < 1.29 is 9.47 Å². The molecule has 0 aromatic carbocycles. The van der Waals surface area contributed by atoms with Gasteiger partial charge < -0.3 is 14.8 Å². The zero-order chi connectivity index (χ0) is 12.5. The van der Waals surface area contributed by atoms with Gasteiger partial charge in [-0.3, -0.25) is 0 Å². The fourth-order valence-electron chi connectivity index (χ4n) is 1.74. The minimum absolute atomic E-state index is 0.259. The first kappa shape index (κ1) is 11.9. The predicted octanol–water partition coefficient (Wildman–Crippen LogP) is 1.35. The van der Waals surface area contributed by atoms with Crippen LogP contribution in [0.15, 0.2) is 0 Å². The van der Waals surface area contributed by atoms with Gasteiger partial charge in [0.2, 0.25) is 5.95 Å². The molecule has 1 fully saturated rings. The Morgan fingerprint density at radius 1 is 1.18 bits per heavy atom. The van der Waals surface area contributed by atoms with Crippen LogP contribution in [-0.4, -0.2) is 35.7 Å². The lowest BCUT2D eigenvalue weighted by Crippen LogP contribution is -2.11. The Balaban J connectivity index is 2.00. The normalized spacial score (nSPS) is 20.8. The summed E-state index contributed by atoms with van der Waals surface area (Å²) in [7, 11) is 3.03. The Morgan fingerprint density at radius 3 is 2.12 bits per heavy atom. The second-order valence-corrected chi connectivity index (χ2v) is 4.90. The van der Waals surface area contributed by atoms with Gasteiger partial charge in [-0.15, -0.1) is 4.98 Å². The first-order valence-electron chi connectivity index (χ1n) is 5.63. The molecular formula is C11H18N4O2. The maximum Gasteiger partial charge on any atom is 0.324 e. The van der Waals surface area contributed by atoms with Gasteiger partial charge in [-0.2, -0.15) is 9.97 Å². The molecule has 1 N–H and O–H groups in total. The van der Waals surface area contributed by atoms with E-state index in [9.17, 15) is 0 Å². The largest absolute Gasteiger partial charge is 0.467 e. The molecule has 1 aromatic heterocycles. The third kappa shape index (κ3) is 2.75. The van der Waals surface area contributed by atoms with Crippen molar-refractivity contribution in [3.05, 3.63) is 0 Å². The van der Waals surface area contributed by atoms with E-state index >= 15 is 0 Å². The summed E-state index contributed by atoms with van der Waals surface area (Å²) in [6, 6.07) is 0.517. The molecule has 1 aliphatic carbocycles. The number of nitrogens with one attached hydrogen (secondary N) is 1. The van der Waals surface area contributed by atoms with E-state index in [2.05, 4.69) is 34.1 Å². The van der Waals surface area contributed by atoms with E-state index in [1.807, 2.05) is 0 Å². The third-order valence-electron chi connectivity index (χ3n) is 3.18. The lowest BCUT2D eigenvalue weighted by atomic mass is 10.1. The van der Waals surface area contributed by atoms with Crippen LogP contribution in [0.25, 0.3) is 0 Å². The van der Waals surface area contributed by atoms with Crippen molar-refractivity contribution in [1.82, 2.24) is 15.0 Å². The highest BCUT2D eigenvalue weighted by Crippen LogP contribution is 2.51.